The van der Waals surface area contributed by atoms with Crippen LogP contribution in [0.1, 0.15) is 31.9 Å². The number of ether oxygens (including phenoxy) is 2. The third kappa shape index (κ3) is 4.44. The quantitative estimate of drug-likeness (QED) is 0.224. The molecule has 0 amide bonds. The standard InChI is InChI=1S/C21H20F4O4/c1-5-7-11-16(22)18(24)12(19(25)17(11)23)10-29-20(27)15-13(21(15,3)4)8-9-14(26)28-6-2/h1,8-9,13,15H,6-7,10H2,2-4H3. The van der Waals surface area contributed by atoms with Gasteiger partial charge in [0.2, 0.25) is 0 Å². The molecule has 0 aromatic heterocycles. The zero-order chi connectivity index (χ0) is 21.9. The van der Waals surface area contributed by atoms with E-state index in [4.69, 9.17) is 15.9 Å². The van der Waals surface area contributed by atoms with Crippen LogP contribution in [0.2, 0.25) is 0 Å². The average Bonchev–Trinajstić information content (AvgIpc) is 3.22. The molecule has 0 N–H and O–H groups in total. The van der Waals surface area contributed by atoms with Crippen molar-refractivity contribution in [2.45, 2.75) is 33.8 Å². The van der Waals surface area contributed by atoms with E-state index < -0.39 is 70.7 Å². The second kappa shape index (κ2) is 8.68. The van der Waals surface area contributed by atoms with Crippen LogP contribution in [-0.4, -0.2) is 18.5 Å². The van der Waals surface area contributed by atoms with Gasteiger partial charge in [-0.05, 0) is 18.3 Å². The van der Waals surface area contributed by atoms with Crippen LogP contribution < -0.4 is 0 Å². The Bertz CT molecular complexity index is 870. The molecule has 1 aromatic rings. The number of hydrogen-bond donors (Lipinski definition) is 0. The first-order valence-electron chi connectivity index (χ1n) is 8.86. The first-order chi connectivity index (χ1) is 13.6. The molecular formula is C21H20F4O4. The highest BCUT2D eigenvalue weighted by atomic mass is 19.2. The molecule has 0 aliphatic heterocycles. The Balaban J connectivity index is 2.12. The van der Waals surface area contributed by atoms with Crippen molar-refractivity contribution in [1.29, 1.82) is 0 Å². The maximum absolute atomic E-state index is 14.1. The Morgan fingerprint density at radius 1 is 1.07 bits per heavy atom. The number of halogens is 4. The van der Waals surface area contributed by atoms with Crippen LogP contribution in [0.5, 0.6) is 0 Å². The Hall–Kier alpha value is -2.82. The SMILES string of the molecule is C#CCc1c(F)c(F)c(COC(=O)C2C(C=CC(=O)OCC)C2(C)C)c(F)c1F. The van der Waals surface area contributed by atoms with Gasteiger partial charge in [0.25, 0.3) is 0 Å². The summed E-state index contributed by atoms with van der Waals surface area (Å²) in [5, 5.41) is 0. The fraction of sp³-hybridized carbons (Fsp3) is 0.429. The van der Waals surface area contributed by atoms with Crippen LogP contribution in [0.15, 0.2) is 12.2 Å². The summed E-state index contributed by atoms with van der Waals surface area (Å²) in [5.41, 5.74) is -2.50. The van der Waals surface area contributed by atoms with E-state index >= 15 is 0 Å². The molecule has 1 aliphatic carbocycles. The first kappa shape index (κ1) is 22.5. The van der Waals surface area contributed by atoms with Gasteiger partial charge in [0.05, 0.1) is 18.1 Å². The predicted octanol–water partition coefficient (Wildman–Crippen LogP) is 3.85. The van der Waals surface area contributed by atoms with Crippen molar-refractivity contribution >= 4 is 11.9 Å². The Morgan fingerprint density at radius 2 is 1.62 bits per heavy atom. The molecule has 29 heavy (non-hydrogen) atoms. The molecular weight excluding hydrogens is 392 g/mol. The number of benzene rings is 1. The lowest BCUT2D eigenvalue weighted by Crippen LogP contribution is -2.14. The lowest BCUT2D eigenvalue weighted by Gasteiger charge is -2.11. The molecule has 8 heteroatoms. The van der Waals surface area contributed by atoms with Crippen molar-refractivity contribution in [1.82, 2.24) is 0 Å². The van der Waals surface area contributed by atoms with Gasteiger partial charge in [-0.15, -0.1) is 12.3 Å². The highest BCUT2D eigenvalue weighted by molar-refractivity contribution is 5.83. The van der Waals surface area contributed by atoms with E-state index in [-0.39, 0.29) is 12.5 Å². The number of hydrogen-bond acceptors (Lipinski definition) is 4. The summed E-state index contributed by atoms with van der Waals surface area (Å²) in [6.45, 7) is 4.35. The number of carbonyl (C=O) groups excluding carboxylic acids is 2. The van der Waals surface area contributed by atoms with Gasteiger partial charge in [0, 0.05) is 18.1 Å². The van der Waals surface area contributed by atoms with Crippen LogP contribution >= 0.6 is 0 Å². The van der Waals surface area contributed by atoms with E-state index in [1.807, 2.05) is 5.92 Å². The zero-order valence-electron chi connectivity index (χ0n) is 16.2. The summed E-state index contributed by atoms with van der Waals surface area (Å²) in [4.78, 5) is 23.7. The van der Waals surface area contributed by atoms with Crippen molar-refractivity contribution in [2.24, 2.45) is 17.3 Å². The number of terminal acetylenes is 1. The summed E-state index contributed by atoms with van der Waals surface area (Å²) < 4.78 is 65.7. The van der Waals surface area contributed by atoms with Gasteiger partial charge in [-0.1, -0.05) is 19.9 Å². The van der Waals surface area contributed by atoms with E-state index in [0.717, 1.165) is 0 Å². The molecule has 1 saturated carbocycles. The number of rotatable bonds is 7. The van der Waals surface area contributed by atoms with E-state index in [0.29, 0.717) is 0 Å². The van der Waals surface area contributed by atoms with Gasteiger partial charge in [-0.2, -0.15) is 0 Å². The van der Waals surface area contributed by atoms with Crippen molar-refractivity contribution in [2.75, 3.05) is 6.61 Å². The minimum absolute atomic E-state index is 0.201. The minimum atomic E-state index is -1.66. The van der Waals surface area contributed by atoms with Crippen molar-refractivity contribution in [3.63, 3.8) is 0 Å². The van der Waals surface area contributed by atoms with Gasteiger partial charge in [0.1, 0.15) is 6.61 Å². The van der Waals surface area contributed by atoms with Crippen LogP contribution in [0, 0.1) is 52.9 Å². The van der Waals surface area contributed by atoms with E-state index in [9.17, 15) is 27.2 Å². The maximum Gasteiger partial charge on any atom is 0.330 e. The van der Waals surface area contributed by atoms with Crippen molar-refractivity contribution in [3.05, 3.63) is 46.5 Å². The number of esters is 2. The normalized spacial score (nSPS) is 19.7. The highest BCUT2D eigenvalue weighted by Crippen LogP contribution is 2.59. The summed E-state index contributed by atoms with van der Waals surface area (Å²) in [6.07, 6.45) is 7.00. The number of carbonyl (C=O) groups is 2. The molecule has 1 fully saturated rings. The van der Waals surface area contributed by atoms with Gasteiger partial charge < -0.3 is 9.47 Å². The second-order valence-electron chi connectivity index (χ2n) is 7.14. The molecule has 156 valence electrons. The lowest BCUT2D eigenvalue weighted by molar-refractivity contribution is -0.147. The molecule has 1 aliphatic rings. The second-order valence-corrected chi connectivity index (χ2v) is 7.14. The van der Waals surface area contributed by atoms with Crippen LogP contribution in [0.4, 0.5) is 17.6 Å². The molecule has 2 rings (SSSR count). The summed E-state index contributed by atoms with van der Waals surface area (Å²) >= 11 is 0. The van der Waals surface area contributed by atoms with E-state index in [1.54, 1.807) is 20.8 Å². The third-order valence-electron chi connectivity index (χ3n) is 4.97. The van der Waals surface area contributed by atoms with Crippen LogP contribution in [0.25, 0.3) is 0 Å². The van der Waals surface area contributed by atoms with E-state index in [1.165, 1.54) is 12.2 Å². The zero-order valence-corrected chi connectivity index (χ0v) is 16.2. The Kier molecular flexibility index (Phi) is 6.73. The fourth-order valence-corrected chi connectivity index (χ4v) is 3.20. The summed E-state index contributed by atoms with van der Waals surface area (Å²) in [6, 6.07) is 0. The predicted molar refractivity (Wildman–Crippen MR) is 95.1 cm³/mol. The van der Waals surface area contributed by atoms with Crippen LogP contribution in [0.3, 0.4) is 0 Å². The van der Waals surface area contributed by atoms with Gasteiger partial charge >= 0.3 is 11.9 Å². The molecule has 0 heterocycles. The fourth-order valence-electron chi connectivity index (χ4n) is 3.20. The van der Waals surface area contributed by atoms with Gasteiger partial charge in [0.15, 0.2) is 23.3 Å². The molecule has 4 nitrogen and oxygen atoms in total. The summed E-state index contributed by atoms with van der Waals surface area (Å²) in [5.74, 6) is -7.04. The first-order valence-corrected chi connectivity index (χ1v) is 8.86. The molecule has 0 spiro atoms. The van der Waals surface area contributed by atoms with Crippen molar-refractivity contribution in [3.8, 4) is 12.3 Å². The molecule has 0 bridgehead atoms. The monoisotopic (exact) mass is 412 g/mol. The highest BCUT2D eigenvalue weighted by Gasteiger charge is 2.61. The lowest BCUT2D eigenvalue weighted by atomic mass is 10.1. The Labute approximate surface area is 165 Å². The topological polar surface area (TPSA) is 52.6 Å². The third-order valence-corrected chi connectivity index (χ3v) is 4.97. The maximum atomic E-state index is 14.1. The average molecular weight is 412 g/mol. The molecule has 0 radical (unpaired) electrons. The number of allylic oxidation sites excluding steroid dienone is 1. The molecule has 0 saturated heterocycles. The summed E-state index contributed by atoms with van der Waals surface area (Å²) in [7, 11) is 0. The minimum Gasteiger partial charge on any atom is -0.463 e. The van der Waals surface area contributed by atoms with Crippen LogP contribution in [-0.2, 0) is 32.1 Å². The Morgan fingerprint density at radius 3 is 2.14 bits per heavy atom. The largest absolute Gasteiger partial charge is 0.463 e. The van der Waals surface area contributed by atoms with Gasteiger partial charge in [-0.3, -0.25) is 4.79 Å². The molecule has 2 atom stereocenters. The molecule has 2 unspecified atom stereocenters. The molecule has 1 aromatic carbocycles. The smallest absolute Gasteiger partial charge is 0.330 e. The van der Waals surface area contributed by atoms with Gasteiger partial charge in [-0.25, -0.2) is 22.4 Å². The van der Waals surface area contributed by atoms with Crippen molar-refractivity contribution < 1.29 is 36.6 Å². The van der Waals surface area contributed by atoms with E-state index in [2.05, 4.69) is 0 Å².